The summed E-state index contributed by atoms with van der Waals surface area (Å²) in [6, 6.07) is 10.5. The molecule has 1 fully saturated rings. The van der Waals surface area contributed by atoms with E-state index in [0.29, 0.717) is 29.7 Å². The van der Waals surface area contributed by atoms with Gasteiger partial charge in [0.1, 0.15) is 11.6 Å². The van der Waals surface area contributed by atoms with Gasteiger partial charge in [0.2, 0.25) is 5.91 Å². The average molecular weight is 389 g/mol. The molecule has 2 amide bonds. The quantitative estimate of drug-likeness (QED) is 0.851. The molecule has 142 valence electrons. The SMILES string of the molecule is CC(=O)N1CCN(c2ccc(NC(=O)COc3ccc(Cl)cc3)nc2)CC1. The zero-order valence-corrected chi connectivity index (χ0v) is 15.8. The lowest BCUT2D eigenvalue weighted by molar-refractivity contribution is -0.129. The number of hydrogen-bond donors (Lipinski definition) is 1. The first kappa shape index (κ1) is 19.0. The Balaban J connectivity index is 1.48. The van der Waals surface area contributed by atoms with Crippen LogP contribution in [-0.2, 0) is 9.59 Å². The van der Waals surface area contributed by atoms with Crippen LogP contribution in [0, 0.1) is 0 Å². The number of anilines is 2. The molecule has 0 bridgehead atoms. The molecule has 0 unspecified atom stereocenters. The number of benzene rings is 1. The summed E-state index contributed by atoms with van der Waals surface area (Å²) in [5.74, 6) is 0.848. The molecule has 1 N–H and O–H groups in total. The van der Waals surface area contributed by atoms with Gasteiger partial charge >= 0.3 is 0 Å². The maximum absolute atomic E-state index is 12.0. The zero-order valence-electron chi connectivity index (χ0n) is 15.0. The van der Waals surface area contributed by atoms with Crippen LogP contribution in [0.5, 0.6) is 5.75 Å². The first-order valence-electron chi connectivity index (χ1n) is 8.66. The van der Waals surface area contributed by atoms with E-state index in [9.17, 15) is 9.59 Å². The summed E-state index contributed by atoms with van der Waals surface area (Å²) in [4.78, 5) is 31.7. The fourth-order valence-electron chi connectivity index (χ4n) is 2.79. The fourth-order valence-corrected chi connectivity index (χ4v) is 2.91. The van der Waals surface area contributed by atoms with Gasteiger partial charge in [-0.05, 0) is 36.4 Å². The van der Waals surface area contributed by atoms with Crippen molar-refractivity contribution in [2.24, 2.45) is 0 Å². The number of amides is 2. The normalized spacial score (nSPS) is 14.0. The molecule has 0 spiro atoms. The molecule has 2 aromatic rings. The number of carbonyl (C=O) groups excluding carboxylic acids is 2. The van der Waals surface area contributed by atoms with Crippen molar-refractivity contribution in [1.82, 2.24) is 9.88 Å². The summed E-state index contributed by atoms with van der Waals surface area (Å²) in [5, 5.41) is 3.31. The summed E-state index contributed by atoms with van der Waals surface area (Å²) >= 11 is 5.81. The van der Waals surface area contributed by atoms with Gasteiger partial charge in [0, 0.05) is 38.1 Å². The number of hydrogen-bond acceptors (Lipinski definition) is 5. The molecule has 0 saturated carbocycles. The highest BCUT2D eigenvalue weighted by molar-refractivity contribution is 6.30. The molecule has 1 aromatic carbocycles. The summed E-state index contributed by atoms with van der Waals surface area (Å²) in [7, 11) is 0. The number of nitrogens with one attached hydrogen (secondary N) is 1. The molecular formula is C19H21ClN4O3. The van der Waals surface area contributed by atoms with Crippen LogP contribution >= 0.6 is 11.6 Å². The minimum Gasteiger partial charge on any atom is -0.484 e. The highest BCUT2D eigenvalue weighted by Crippen LogP contribution is 2.18. The van der Waals surface area contributed by atoms with Crippen molar-refractivity contribution in [3.63, 3.8) is 0 Å². The predicted octanol–water partition coefficient (Wildman–Crippen LogP) is 2.42. The summed E-state index contributed by atoms with van der Waals surface area (Å²) in [6.45, 7) is 4.42. The third kappa shape index (κ3) is 5.34. The van der Waals surface area contributed by atoms with Crippen LogP contribution < -0.4 is 15.0 Å². The zero-order chi connectivity index (χ0) is 19.2. The topological polar surface area (TPSA) is 74.8 Å². The van der Waals surface area contributed by atoms with E-state index in [1.54, 1.807) is 43.5 Å². The van der Waals surface area contributed by atoms with Gasteiger partial charge in [-0.2, -0.15) is 0 Å². The Kier molecular flexibility index (Phi) is 6.13. The average Bonchev–Trinajstić information content (AvgIpc) is 2.68. The number of ether oxygens (including phenoxy) is 1. The lowest BCUT2D eigenvalue weighted by atomic mass is 10.2. The Morgan fingerprint density at radius 1 is 1.11 bits per heavy atom. The Labute approximate surface area is 162 Å². The van der Waals surface area contributed by atoms with Gasteiger partial charge in [0.05, 0.1) is 11.9 Å². The Bertz CT molecular complexity index is 788. The second-order valence-corrected chi connectivity index (χ2v) is 6.62. The Morgan fingerprint density at radius 3 is 2.41 bits per heavy atom. The van der Waals surface area contributed by atoms with Crippen molar-refractivity contribution in [2.45, 2.75) is 6.92 Å². The number of rotatable bonds is 5. The van der Waals surface area contributed by atoms with Crippen LogP contribution in [0.3, 0.4) is 0 Å². The van der Waals surface area contributed by atoms with Crippen molar-refractivity contribution < 1.29 is 14.3 Å². The summed E-state index contributed by atoms with van der Waals surface area (Å²) < 4.78 is 5.40. The number of carbonyl (C=O) groups is 2. The van der Waals surface area contributed by atoms with Crippen molar-refractivity contribution in [2.75, 3.05) is 43.0 Å². The minimum absolute atomic E-state index is 0.103. The van der Waals surface area contributed by atoms with E-state index in [2.05, 4.69) is 15.2 Å². The lowest BCUT2D eigenvalue weighted by Crippen LogP contribution is -2.48. The lowest BCUT2D eigenvalue weighted by Gasteiger charge is -2.35. The largest absolute Gasteiger partial charge is 0.484 e. The molecule has 3 rings (SSSR count). The van der Waals surface area contributed by atoms with E-state index < -0.39 is 0 Å². The van der Waals surface area contributed by atoms with Crippen LogP contribution in [0.2, 0.25) is 5.02 Å². The highest BCUT2D eigenvalue weighted by atomic mass is 35.5. The maximum atomic E-state index is 12.0. The number of pyridine rings is 1. The van der Waals surface area contributed by atoms with Gasteiger partial charge in [-0.1, -0.05) is 11.6 Å². The molecule has 1 aliphatic heterocycles. The number of halogens is 1. The van der Waals surface area contributed by atoms with Crippen molar-refractivity contribution in [3.05, 3.63) is 47.6 Å². The van der Waals surface area contributed by atoms with Crippen molar-refractivity contribution >= 4 is 34.9 Å². The predicted molar refractivity (Wildman–Crippen MR) is 104 cm³/mol. The van der Waals surface area contributed by atoms with Crippen LogP contribution in [0.15, 0.2) is 42.6 Å². The maximum Gasteiger partial charge on any atom is 0.263 e. The molecule has 8 heteroatoms. The van der Waals surface area contributed by atoms with E-state index in [0.717, 1.165) is 18.8 Å². The summed E-state index contributed by atoms with van der Waals surface area (Å²) in [6.07, 6.45) is 1.72. The number of aromatic nitrogens is 1. The molecule has 2 heterocycles. The molecule has 0 atom stereocenters. The standard InChI is InChI=1S/C19H21ClN4O3/c1-14(25)23-8-10-24(11-9-23)16-4-7-18(21-12-16)22-19(26)13-27-17-5-2-15(20)3-6-17/h2-7,12H,8-11,13H2,1H3,(H,21,22,26). The van der Waals surface area contributed by atoms with Gasteiger partial charge in [-0.25, -0.2) is 4.98 Å². The van der Waals surface area contributed by atoms with Gasteiger partial charge < -0.3 is 19.9 Å². The van der Waals surface area contributed by atoms with Crippen molar-refractivity contribution in [1.29, 1.82) is 0 Å². The molecule has 1 saturated heterocycles. The van der Waals surface area contributed by atoms with Crippen LogP contribution in [-0.4, -0.2) is 54.5 Å². The fraction of sp³-hybridized carbons (Fsp3) is 0.316. The molecule has 0 radical (unpaired) electrons. The van der Waals surface area contributed by atoms with Crippen LogP contribution in [0.4, 0.5) is 11.5 Å². The molecule has 27 heavy (non-hydrogen) atoms. The number of nitrogens with zero attached hydrogens (tertiary/aromatic N) is 3. The van der Waals surface area contributed by atoms with Gasteiger partial charge in [-0.15, -0.1) is 0 Å². The Morgan fingerprint density at radius 2 is 1.81 bits per heavy atom. The van der Waals surface area contributed by atoms with Gasteiger partial charge in [0.25, 0.3) is 5.91 Å². The van der Waals surface area contributed by atoms with Crippen LogP contribution in [0.1, 0.15) is 6.92 Å². The van der Waals surface area contributed by atoms with Gasteiger partial charge in [0.15, 0.2) is 6.61 Å². The molecule has 7 nitrogen and oxygen atoms in total. The van der Waals surface area contributed by atoms with E-state index in [1.165, 1.54) is 0 Å². The second-order valence-electron chi connectivity index (χ2n) is 6.19. The minimum atomic E-state index is -0.291. The number of piperazine rings is 1. The van der Waals surface area contributed by atoms with Crippen molar-refractivity contribution in [3.8, 4) is 5.75 Å². The molecule has 0 aliphatic carbocycles. The second kappa shape index (κ2) is 8.73. The van der Waals surface area contributed by atoms with Gasteiger partial charge in [-0.3, -0.25) is 9.59 Å². The summed E-state index contributed by atoms with van der Waals surface area (Å²) in [5.41, 5.74) is 0.966. The van der Waals surface area contributed by atoms with E-state index in [-0.39, 0.29) is 18.4 Å². The third-order valence-corrected chi connectivity index (χ3v) is 4.54. The molecule has 1 aliphatic rings. The highest BCUT2D eigenvalue weighted by Gasteiger charge is 2.19. The van der Waals surface area contributed by atoms with E-state index in [4.69, 9.17) is 16.3 Å². The van der Waals surface area contributed by atoms with E-state index >= 15 is 0 Å². The smallest absolute Gasteiger partial charge is 0.263 e. The van der Waals surface area contributed by atoms with Crippen LogP contribution in [0.25, 0.3) is 0 Å². The monoisotopic (exact) mass is 388 g/mol. The molecule has 1 aromatic heterocycles. The first-order valence-corrected chi connectivity index (χ1v) is 9.04. The first-order chi connectivity index (χ1) is 13.0. The third-order valence-electron chi connectivity index (χ3n) is 4.29. The van der Waals surface area contributed by atoms with E-state index in [1.807, 2.05) is 11.0 Å². The Hall–Kier alpha value is -2.80. The molecular weight excluding hydrogens is 368 g/mol.